The molecule has 1 aromatic carbocycles. The van der Waals surface area contributed by atoms with Crippen LogP contribution in [0.5, 0.6) is 0 Å². The number of amides is 2. The van der Waals surface area contributed by atoms with Gasteiger partial charge in [-0.2, -0.15) is 5.32 Å². The van der Waals surface area contributed by atoms with Crippen LogP contribution < -0.4 is 5.32 Å². The summed E-state index contributed by atoms with van der Waals surface area (Å²) in [5, 5.41) is 4.18. The number of carbonyl (C=O) groups excluding carboxylic acids is 2. The van der Waals surface area contributed by atoms with E-state index in [1.54, 1.807) is 12.1 Å². The molecule has 0 saturated carbocycles. The molecule has 1 aromatic heterocycles. The monoisotopic (exact) mass is 197 g/mol. The third-order valence-corrected chi connectivity index (χ3v) is 2.36. The number of fused-ring (bicyclic) bond motifs is 2. The van der Waals surface area contributed by atoms with Gasteiger partial charge in [0.2, 0.25) is 0 Å². The zero-order valence-electron chi connectivity index (χ0n) is 7.60. The van der Waals surface area contributed by atoms with Crippen molar-refractivity contribution >= 4 is 22.7 Å². The molecule has 1 radical (unpaired) electrons. The first-order valence-electron chi connectivity index (χ1n) is 4.46. The summed E-state index contributed by atoms with van der Waals surface area (Å²) >= 11 is 0. The predicted octanol–water partition coefficient (Wildman–Crippen LogP) is 1.13. The average molecular weight is 197 g/mol. The van der Waals surface area contributed by atoms with Gasteiger partial charge in [-0.3, -0.25) is 9.59 Å². The average Bonchev–Trinajstić information content (AvgIpc) is 2.52. The molecule has 1 aliphatic rings. The van der Waals surface area contributed by atoms with Crippen LogP contribution in [-0.2, 0) is 0 Å². The van der Waals surface area contributed by atoms with Crippen molar-refractivity contribution in [1.29, 1.82) is 0 Å². The molecule has 2 aromatic rings. The van der Waals surface area contributed by atoms with E-state index in [4.69, 9.17) is 0 Å². The molecule has 4 heteroatoms. The van der Waals surface area contributed by atoms with Gasteiger partial charge in [0.1, 0.15) is 5.69 Å². The van der Waals surface area contributed by atoms with Gasteiger partial charge in [-0.1, -0.05) is 18.2 Å². The van der Waals surface area contributed by atoms with Gasteiger partial charge in [0, 0.05) is 5.39 Å². The second kappa shape index (κ2) is 2.63. The maximum absolute atomic E-state index is 11.3. The molecule has 71 valence electrons. The number of rotatable bonds is 0. The van der Waals surface area contributed by atoms with E-state index < -0.39 is 11.8 Å². The van der Waals surface area contributed by atoms with Gasteiger partial charge in [-0.15, -0.1) is 0 Å². The smallest absolute Gasteiger partial charge is 0.267 e. The number of benzene rings is 1. The quantitative estimate of drug-likeness (QED) is 0.595. The number of imide groups is 1. The Balaban J connectivity index is 2.41. The summed E-state index contributed by atoms with van der Waals surface area (Å²) in [6.45, 7) is 0. The van der Waals surface area contributed by atoms with E-state index >= 15 is 0 Å². The van der Waals surface area contributed by atoms with Gasteiger partial charge in [0.05, 0.1) is 11.1 Å². The van der Waals surface area contributed by atoms with E-state index in [0.717, 1.165) is 5.39 Å². The second-order valence-electron chi connectivity index (χ2n) is 3.30. The lowest BCUT2D eigenvalue weighted by Crippen LogP contribution is -2.11. The van der Waals surface area contributed by atoms with Crippen molar-refractivity contribution in [2.24, 2.45) is 0 Å². The van der Waals surface area contributed by atoms with Crippen LogP contribution >= 0.6 is 0 Å². The summed E-state index contributed by atoms with van der Waals surface area (Å²) in [7, 11) is 0. The minimum absolute atomic E-state index is 0.165. The van der Waals surface area contributed by atoms with Crippen LogP contribution in [0.2, 0.25) is 0 Å². The lowest BCUT2D eigenvalue weighted by Gasteiger charge is -1.98. The first-order valence-corrected chi connectivity index (χ1v) is 4.46. The molecular formula is C11H5N2O2. The van der Waals surface area contributed by atoms with Crippen LogP contribution in [0.25, 0.3) is 10.9 Å². The van der Waals surface area contributed by atoms with Gasteiger partial charge in [-0.05, 0) is 12.1 Å². The Kier molecular flexibility index (Phi) is 1.42. The van der Waals surface area contributed by atoms with Crippen molar-refractivity contribution in [1.82, 2.24) is 10.3 Å². The second-order valence-corrected chi connectivity index (χ2v) is 3.30. The summed E-state index contributed by atoms with van der Waals surface area (Å²) < 4.78 is 0. The normalized spacial score (nSPS) is 14.1. The van der Waals surface area contributed by atoms with Crippen LogP contribution in [0.3, 0.4) is 0 Å². The molecule has 3 rings (SSSR count). The van der Waals surface area contributed by atoms with E-state index in [9.17, 15) is 9.59 Å². The Morgan fingerprint density at radius 3 is 2.67 bits per heavy atom. The Bertz CT molecular complexity index is 552. The molecule has 0 N–H and O–H groups in total. The van der Waals surface area contributed by atoms with Crippen LogP contribution in [0, 0.1) is 0 Å². The van der Waals surface area contributed by atoms with Gasteiger partial charge >= 0.3 is 0 Å². The molecule has 0 aliphatic carbocycles. The lowest BCUT2D eigenvalue weighted by atomic mass is 10.1. The Hall–Kier alpha value is -2.23. The SMILES string of the molecule is O=C1[N]C(=O)c2nc3ccccc3cc21. The molecule has 0 unspecified atom stereocenters. The maximum Gasteiger partial charge on any atom is 0.299 e. The zero-order valence-corrected chi connectivity index (χ0v) is 7.60. The molecule has 0 bridgehead atoms. The topological polar surface area (TPSA) is 61.1 Å². The van der Waals surface area contributed by atoms with Gasteiger partial charge in [-0.25, -0.2) is 4.98 Å². The standard InChI is InChI=1S/C11H5N2O2/c14-10-7-5-6-3-1-2-4-8(6)12-9(7)11(15)13-10/h1-5H. The molecule has 2 amide bonds. The Labute approximate surface area is 84.9 Å². The van der Waals surface area contributed by atoms with E-state index in [1.165, 1.54) is 0 Å². The summed E-state index contributed by atoms with van der Waals surface area (Å²) in [6, 6.07) is 8.99. The molecule has 0 fully saturated rings. The first kappa shape index (κ1) is 8.11. The maximum atomic E-state index is 11.3. The minimum atomic E-state index is -0.541. The summed E-state index contributed by atoms with van der Waals surface area (Å²) in [6.07, 6.45) is 0. The summed E-state index contributed by atoms with van der Waals surface area (Å²) in [5.41, 5.74) is 1.17. The van der Waals surface area contributed by atoms with Crippen molar-refractivity contribution in [3.8, 4) is 0 Å². The van der Waals surface area contributed by atoms with Gasteiger partial charge < -0.3 is 0 Å². The fraction of sp³-hybridized carbons (Fsp3) is 0. The van der Waals surface area contributed by atoms with Crippen LogP contribution in [-0.4, -0.2) is 16.8 Å². The fourth-order valence-corrected chi connectivity index (χ4v) is 1.65. The molecule has 4 nitrogen and oxygen atoms in total. The number of hydrogen-bond acceptors (Lipinski definition) is 3. The minimum Gasteiger partial charge on any atom is -0.267 e. The number of para-hydroxylation sites is 1. The first-order chi connectivity index (χ1) is 7.25. The summed E-state index contributed by atoms with van der Waals surface area (Å²) in [5.74, 6) is -1.03. The highest BCUT2D eigenvalue weighted by atomic mass is 16.2. The number of aromatic nitrogens is 1. The molecule has 0 atom stereocenters. The van der Waals surface area contributed by atoms with Crippen molar-refractivity contribution in [3.63, 3.8) is 0 Å². The van der Waals surface area contributed by atoms with Crippen LogP contribution in [0.4, 0.5) is 0 Å². The third-order valence-electron chi connectivity index (χ3n) is 2.36. The molecular weight excluding hydrogens is 192 g/mol. The molecule has 2 heterocycles. The summed E-state index contributed by atoms with van der Waals surface area (Å²) in [4.78, 5) is 26.7. The Morgan fingerprint density at radius 1 is 1.00 bits per heavy atom. The lowest BCUT2D eigenvalue weighted by molar-refractivity contribution is 0.0872. The zero-order chi connectivity index (χ0) is 10.4. The predicted molar refractivity (Wildman–Crippen MR) is 52.5 cm³/mol. The van der Waals surface area contributed by atoms with E-state index in [1.807, 2.05) is 18.2 Å². The van der Waals surface area contributed by atoms with Gasteiger partial charge in [0.25, 0.3) is 11.8 Å². The largest absolute Gasteiger partial charge is 0.299 e. The van der Waals surface area contributed by atoms with Crippen molar-refractivity contribution in [3.05, 3.63) is 41.6 Å². The van der Waals surface area contributed by atoms with E-state index in [2.05, 4.69) is 10.3 Å². The van der Waals surface area contributed by atoms with Crippen molar-refractivity contribution in [2.45, 2.75) is 0 Å². The molecule has 0 spiro atoms. The van der Waals surface area contributed by atoms with Crippen LogP contribution in [0.15, 0.2) is 30.3 Å². The highest BCUT2D eigenvalue weighted by Gasteiger charge is 2.30. The number of pyridine rings is 1. The third kappa shape index (κ3) is 1.05. The van der Waals surface area contributed by atoms with E-state index in [-0.39, 0.29) is 5.69 Å². The number of carbonyl (C=O) groups is 2. The van der Waals surface area contributed by atoms with Crippen LogP contribution in [0.1, 0.15) is 20.8 Å². The molecule has 15 heavy (non-hydrogen) atoms. The molecule has 0 saturated heterocycles. The highest BCUT2D eigenvalue weighted by molar-refractivity contribution is 6.21. The molecule has 1 aliphatic heterocycles. The Morgan fingerprint density at radius 2 is 1.80 bits per heavy atom. The number of hydrogen-bond donors (Lipinski definition) is 0. The highest BCUT2D eigenvalue weighted by Crippen LogP contribution is 2.20. The van der Waals surface area contributed by atoms with E-state index in [0.29, 0.717) is 11.1 Å². The van der Waals surface area contributed by atoms with Gasteiger partial charge in [0.15, 0.2) is 0 Å². The van der Waals surface area contributed by atoms with Crippen molar-refractivity contribution < 1.29 is 9.59 Å². The number of nitrogens with zero attached hydrogens (tertiary/aromatic N) is 2. The fourth-order valence-electron chi connectivity index (χ4n) is 1.65. The van der Waals surface area contributed by atoms with Crippen molar-refractivity contribution in [2.75, 3.05) is 0 Å².